The van der Waals surface area contributed by atoms with Crippen LogP contribution in [-0.2, 0) is 9.53 Å². The Labute approximate surface area is 104 Å². The summed E-state index contributed by atoms with van der Waals surface area (Å²) >= 11 is 0. The average Bonchev–Trinajstić information content (AvgIpc) is 2.78. The second-order valence-corrected chi connectivity index (χ2v) is 4.79. The molecular formula is C12H25N3O2. The first-order valence-corrected chi connectivity index (χ1v) is 6.37. The Morgan fingerprint density at radius 1 is 1.47 bits per heavy atom. The van der Waals surface area contributed by atoms with Crippen LogP contribution in [0.1, 0.15) is 19.3 Å². The lowest BCUT2D eigenvalue weighted by molar-refractivity contribution is -0.131. The van der Waals surface area contributed by atoms with Gasteiger partial charge in [0.1, 0.15) is 0 Å². The summed E-state index contributed by atoms with van der Waals surface area (Å²) in [7, 11) is 3.80. The molecule has 1 aliphatic rings. The highest BCUT2D eigenvalue weighted by atomic mass is 16.5. The minimum Gasteiger partial charge on any atom is -0.377 e. The molecule has 1 saturated heterocycles. The van der Waals surface area contributed by atoms with Gasteiger partial charge in [0.2, 0.25) is 5.91 Å². The summed E-state index contributed by atoms with van der Waals surface area (Å²) in [6, 6.07) is 0. The molecule has 1 amide bonds. The molecule has 0 bridgehead atoms. The van der Waals surface area contributed by atoms with E-state index in [1.807, 2.05) is 19.0 Å². The molecule has 1 atom stereocenters. The summed E-state index contributed by atoms with van der Waals surface area (Å²) in [5, 5.41) is 0. The van der Waals surface area contributed by atoms with Crippen molar-refractivity contribution in [2.24, 2.45) is 5.73 Å². The minimum absolute atomic E-state index is 0.152. The lowest BCUT2D eigenvalue weighted by Gasteiger charge is -2.23. The van der Waals surface area contributed by atoms with E-state index in [4.69, 9.17) is 10.5 Å². The number of ether oxygens (including phenoxy) is 1. The van der Waals surface area contributed by atoms with Crippen LogP contribution in [0.5, 0.6) is 0 Å². The molecule has 0 radical (unpaired) electrons. The van der Waals surface area contributed by atoms with E-state index in [-0.39, 0.29) is 5.91 Å². The summed E-state index contributed by atoms with van der Waals surface area (Å²) in [6.07, 6.45) is 3.42. The van der Waals surface area contributed by atoms with Crippen LogP contribution in [0.25, 0.3) is 0 Å². The highest BCUT2D eigenvalue weighted by Crippen LogP contribution is 2.12. The largest absolute Gasteiger partial charge is 0.377 e. The monoisotopic (exact) mass is 243 g/mol. The second kappa shape index (κ2) is 7.63. The molecule has 0 aromatic carbocycles. The van der Waals surface area contributed by atoms with E-state index in [0.29, 0.717) is 19.2 Å². The van der Waals surface area contributed by atoms with Crippen molar-refractivity contribution < 1.29 is 9.53 Å². The van der Waals surface area contributed by atoms with Gasteiger partial charge in [0.05, 0.1) is 12.6 Å². The molecule has 17 heavy (non-hydrogen) atoms. The number of carbonyl (C=O) groups excluding carboxylic acids is 1. The quantitative estimate of drug-likeness (QED) is 0.678. The fraction of sp³-hybridized carbons (Fsp3) is 0.917. The van der Waals surface area contributed by atoms with Gasteiger partial charge in [-0.2, -0.15) is 0 Å². The third kappa shape index (κ3) is 5.48. The Kier molecular flexibility index (Phi) is 6.47. The number of rotatable bonds is 7. The standard InChI is InChI=1S/C12H25N3O2/c1-14(9-11-5-3-8-17-11)10-12(16)15(2)7-4-6-13/h11H,3-10,13H2,1-2H3. The number of hydrogen-bond donors (Lipinski definition) is 1. The molecule has 0 aliphatic carbocycles. The van der Waals surface area contributed by atoms with Gasteiger partial charge in [0, 0.05) is 26.7 Å². The summed E-state index contributed by atoms with van der Waals surface area (Å²) in [5.41, 5.74) is 5.42. The van der Waals surface area contributed by atoms with Crippen molar-refractivity contribution in [3.63, 3.8) is 0 Å². The Balaban J connectivity index is 2.19. The maximum absolute atomic E-state index is 11.8. The summed E-state index contributed by atoms with van der Waals surface area (Å²) in [5.74, 6) is 0.152. The first-order valence-electron chi connectivity index (χ1n) is 6.37. The average molecular weight is 243 g/mol. The van der Waals surface area contributed by atoms with Crippen molar-refractivity contribution in [3.05, 3.63) is 0 Å². The van der Waals surface area contributed by atoms with E-state index in [0.717, 1.165) is 39.0 Å². The van der Waals surface area contributed by atoms with Crippen molar-refractivity contribution >= 4 is 5.91 Å². The smallest absolute Gasteiger partial charge is 0.236 e. The molecule has 1 unspecified atom stereocenters. The SMILES string of the molecule is CN(CC(=O)N(C)CCCN)CC1CCCO1. The van der Waals surface area contributed by atoms with Crippen LogP contribution in [0.2, 0.25) is 0 Å². The summed E-state index contributed by atoms with van der Waals surface area (Å²) < 4.78 is 5.55. The van der Waals surface area contributed by atoms with E-state index >= 15 is 0 Å². The number of nitrogens with two attached hydrogens (primary N) is 1. The Morgan fingerprint density at radius 3 is 2.82 bits per heavy atom. The fourth-order valence-electron chi connectivity index (χ4n) is 2.01. The highest BCUT2D eigenvalue weighted by Gasteiger charge is 2.19. The normalized spacial score (nSPS) is 19.9. The van der Waals surface area contributed by atoms with Gasteiger partial charge in [-0.25, -0.2) is 0 Å². The lowest BCUT2D eigenvalue weighted by atomic mass is 10.2. The van der Waals surface area contributed by atoms with Gasteiger partial charge in [-0.15, -0.1) is 0 Å². The second-order valence-electron chi connectivity index (χ2n) is 4.79. The van der Waals surface area contributed by atoms with Crippen molar-refractivity contribution in [3.8, 4) is 0 Å². The number of carbonyl (C=O) groups is 1. The van der Waals surface area contributed by atoms with Gasteiger partial charge in [-0.1, -0.05) is 0 Å². The van der Waals surface area contributed by atoms with E-state index < -0.39 is 0 Å². The number of hydrogen-bond acceptors (Lipinski definition) is 4. The Hall–Kier alpha value is -0.650. The third-order valence-electron chi connectivity index (χ3n) is 3.07. The molecule has 1 rings (SSSR count). The Morgan fingerprint density at radius 2 is 2.24 bits per heavy atom. The molecule has 2 N–H and O–H groups in total. The minimum atomic E-state index is 0.152. The van der Waals surface area contributed by atoms with Crippen molar-refractivity contribution in [2.75, 3.05) is 46.9 Å². The maximum Gasteiger partial charge on any atom is 0.236 e. The molecule has 0 spiro atoms. The predicted molar refractivity (Wildman–Crippen MR) is 67.8 cm³/mol. The lowest BCUT2D eigenvalue weighted by Crippen LogP contribution is -2.40. The van der Waals surface area contributed by atoms with Crippen LogP contribution in [-0.4, -0.2) is 68.7 Å². The zero-order valence-electron chi connectivity index (χ0n) is 11.0. The number of likely N-dealkylation sites (N-methyl/N-ethyl adjacent to an activating group) is 2. The molecule has 0 aromatic rings. The molecule has 0 aromatic heterocycles. The van der Waals surface area contributed by atoms with E-state index in [2.05, 4.69) is 0 Å². The molecule has 1 fully saturated rings. The van der Waals surface area contributed by atoms with Crippen molar-refractivity contribution in [1.82, 2.24) is 9.80 Å². The van der Waals surface area contributed by atoms with Gasteiger partial charge in [-0.3, -0.25) is 9.69 Å². The summed E-state index contributed by atoms with van der Waals surface area (Å²) in [6.45, 7) is 3.53. The predicted octanol–water partition coefficient (Wildman–Crippen LogP) is -0.0956. The number of amides is 1. The Bertz CT molecular complexity index is 230. The first-order chi connectivity index (χ1) is 8.13. The first kappa shape index (κ1) is 14.4. The van der Waals surface area contributed by atoms with Crippen LogP contribution in [0.15, 0.2) is 0 Å². The van der Waals surface area contributed by atoms with Gasteiger partial charge in [0.15, 0.2) is 0 Å². The van der Waals surface area contributed by atoms with Crippen LogP contribution in [0, 0.1) is 0 Å². The topological polar surface area (TPSA) is 58.8 Å². The van der Waals surface area contributed by atoms with Crippen LogP contribution in [0.3, 0.4) is 0 Å². The van der Waals surface area contributed by atoms with Crippen LogP contribution >= 0.6 is 0 Å². The number of nitrogens with zero attached hydrogens (tertiary/aromatic N) is 2. The molecule has 5 heteroatoms. The molecule has 1 aliphatic heterocycles. The van der Waals surface area contributed by atoms with Gasteiger partial charge < -0.3 is 15.4 Å². The maximum atomic E-state index is 11.8. The molecule has 1 heterocycles. The van der Waals surface area contributed by atoms with Gasteiger partial charge >= 0.3 is 0 Å². The van der Waals surface area contributed by atoms with Gasteiger partial charge in [-0.05, 0) is 32.9 Å². The fourth-order valence-corrected chi connectivity index (χ4v) is 2.01. The molecular weight excluding hydrogens is 218 g/mol. The molecule has 0 saturated carbocycles. The zero-order valence-corrected chi connectivity index (χ0v) is 11.0. The zero-order chi connectivity index (χ0) is 12.7. The molecule has 100 valence electrons. The highest BCUT2D eigenvalue weighted by molar-refractivity contribution is 5.77. The van der Waals surface area contributed by atoms with E-state index in [9.17, 15) is 4.79 Å². The molecule has 5 nitrogen and oxygen atoms in total. The summed E-state index contributed by atoms with van der Waals surface area (Å²) in [4.78, 5) is 15.6. The van der Waals surface area contributed by atoms with Crippen molar-refractivity contribution in [2.45, 2.75) is 25.4 Å². The van der Waals surface area contributed by atoms with E-state index in [1.54, 1.807) is 4.90 Å². The van der Waals surface area contributed by atoms with Crippen LogP contribution in [0.4, 0.5) is 0 Å². The van der Waals surface area contributed by atoms with E-state index in [1.165, 1.54) is 0 Å². The van der Waals surface area contributed by atoms with Crippen molar-refractivity contribution in [1.29, 1.82) is 0 Å². The van der Waals surface area contributed by atoms with Gasteiger partial charge in [0.25, 0.3) is 0 Å². The van der Waals surface area contributed by atoms with Crippen LogP contribution < -0.4 is 5.73 Å². The third-order valence-corrected chi connectivity index (χ3v) is 3.07.